The topological polar surface area (TPSA) is 96.6 Å². The zero-order valence-electron chi connectivity index (χ0n) is 12.1. The summed E-state index contributed by atoms with van der Waals surface area (Å²) in [4.78, 5) is 26.9. The summed E-state index contributed by atoms with van der Waals surface area (Å²) < 4.78 is 1.63. The minimum Gasteiger partial charge on any atom is -0.481 e. The Kier molecular flexibility index (Phi) is 4.52. The average Bonchev–Trinajstić information content (AvgIpc) is 2.81. The SMILES string of the molecule is Cc1cc(C)n2ncc(C(=O)NCCCCC(=O)O)c2n1. The number of hydrogen-bond donors (Lipinski definition) is 2. The number of unbranched alkanes of at least 4 members (excludes halogenated alkanes) is 1. The van der Waals surface area contributed by atoms with Gasteiger partial charge in [-0.2, -0.15) is 5.10 Å². The second-order valence-corrected chi connectivity index (χ2v) is 4.94. The maximum Gasteiger partial charge on any atom is 0.303 e. The normalized spacial score (nSPS) is 10.8. The minimum atomic E-state index is -0.820. The van der Waals surface area contributed by atoms with Gasteiger partial charge in [0, 0.05) is 24.4 Å². The Morgan fingerprint density at radius 2 is 2.10 bits per heavy atom. The van der Waals surface area contributed by atoms with Crippen molar-refractivity contribution in [2.75, 3.05) is 6.54 Å². The van der Waals surface area contributed by atoms with Crippen LogP contribution >= 0.6 is 0 Å². The number of carbonyl (C=O) groups is 2. The number of aromatic nitrogens is 3. The second kappa shape index (κ2) is 6.34. The number of aliphatic carboxylic acids is 1. The molecule has 0 bridgehead atoms. The molecule has 0 aliphatic carbocycles. The molecule has 0 aliphatic rings. The molecular weight excluding hydrogens is 272 g/mol. The van der Waals surface area contributed by atoms with Crippen molar-refractivity contribution >= 4 is 17.5 Å². The Labute approximate surface area is 122 Å². The average molecular weight is 290 g/mol. The van der Waals surface area contributed by atoms with Crippen LogP contribution in [0, 0.1) is 13.8 Å². The van der Waals surface area contributed by atoms with Crippen molar-refractivity contribution in [1.29, 1.82) is 0 Å². The first-order valence-electron chi connectivity index (χ1n) is 6.81. The van der Waals surface area contributed by atoms with E-state index in [2.05, 4.69) is 15.4 Å². The smallest absolute Gasteiger partial charge is 0.303 e. The van der Waals surface area contributed by atoms with Crippen LogP contribution in [-0.4, -0.2) is 38.1 Å². The van der Waals surface area contributed by atoms with Gasteiger partial charge in [0.1, 0.15) is 5.56 Å². The van der Waals surface area contributed by atoms with Gasteiger partial charge in [0.2, 0.25) is 0 Å². The molecule has 0 radical (unpaired) electrons. The second-order valence-electron chi connectivity index (χ2n) is 4.94. The lowest BCUT2D eigenvalue weighted by Gasteiger charge is -2.04. The van der Waals surface area contributed by atoms with Gasteiger partial charge < -0.3 is 10.4 Å². The number of carboxylic acids is 1. The van der Waals surface area contributed by atoms with Crippen LogP contribution in [0.15, 0.2) is 12.3 Å². The highest BCUT2D eigenvalue weighted by atomic mass is 16.4. The Morgan fingerprint density at radius 1 is 1.33 bits per heavy atom. The minimum absolute atomic E-state index is 0.118. The van der Waals surface area contributed by atoms with E-state index in [1.54, 1.807) is 4.52 Å². The summed E-state index contributed by atoms with van der Waals surface area (Å²) in [5.74, 6) is -1.06. The van der Waals surface area contributed by atoms with Gasteiger partial charge in [-0.15, -0.1) is 0 Å². The highest BCUT2D eigenvalue weighted by Gasteiger charge is 2.14. The van der Waals surface area contributed by atoms with Gasteiger partial charge >= 0.3 is 5.97 Å². The number of nitrogens with zero attached hydrogens (tertiary/aromatic N) is 3. The molecular formula is C14H18N4O3. The molecule has 2 aromatic heterocycles. The molecule has 0 unspecified atom stereocenters. The van der Waals surface area contributed by atoms with E-state index in [0.29, 0.717) is 30.6 Å². The van der Waals surface area contributed by atoms with Gasteiger partial charge in [-0.3, -0.25) is 9.59 Å². The lowest BCUT2D eigenvalue weighted by molar-refractivity contribution is -0.137. The van der Waals surface area contributed by atoms with Crippen LogP contribution < -0.4 is 5.32 Å². The number of nitrogens with one attached hydrogen (secondary N) is 1. The van der Waals surface area contributed by atoms with E-state index in [1.807, 2.05) is 19.9 Å². The fourth-order valence-corrected chi connectivity index (χ4v) is 2.13. The van der Waals surface area contributed by atoms with E-state index in [1.165, 1.54) is 6.20 Å². The van der Waals surface area contributed by atoms with E-state index >= 15 is 0 Å². The van der Waals surface area contributed by atoms with E-state index in [0.717, 1.165) is 11.4 Å². The quantitative estimate of drug-likeness (QED) is 0.782. The fraction of sp³-hybridized carbons (Fsp3) is 0.429. The number of fused-ring (bicyclic) bond motifs is 1. The lowest BCUT2D eigenvalue weighted by atomic mass is 10.2. The van der Waals surface area contributed by atoms with Crippen LogP contribution in [0.1, 0.15) is 41.0 Å². The van der Waals surface area contributed by atoms with Crippen molar-refractivity contribution in [2.45, 2.75) is 33.1 Å². The number of hydrogen-bond acceptors (Lipinski definition) is 4. The lowest BCUT2D eigenvalue weighted by Crippen LogP contribution is -2.24. The van der Waals surface area contributed by atoms with Crippen LogP contribution in [0.4, 0.5) is 0 Å². The molecule has 0 atom stereocenters. The molecule has 2 aromatic rings. The molecule has 21 heavy (non-hydrogen) atoms. The first-order valence-corrected chi connectivity index (χ1v) is 6.81. The van der Waals surface area contributed by atoms with Gasteiger partial charge in [0.15, 0.2) is 5.65 Å². The van der Waals surface area contributed by atoms with Crippen LogP contribution in [0.2, 0.25) is 0 Å². The van der Waals surface area contributed by atoms with Gasteiger partial charge in [-0.25, -0.2) is 9.50 Å². The first-order chi connectivity index (χ1) is 9.99. The van der Waals surface area contributed by atoms with Gasteiger partial charge in [0.25, 0.3) is 5.91 Å². The molecule has 0 saturated heterocycles. The van der Waals surface area contributed by atoms with E-state index in [9.17, 15) is 9.59 Å². The van der Waals surface area contributed by atoms with E-state index < -0.39 is 5.97 Å². The molecule has 7 nitrogen and oxygen atoms in total. The number of rotatable bonds is 6. The molecule has 112 valence electrons. The van der Waals surface area contributed by atoms with Gasteiger partial charge in [0.05, 0.1) is 6.20 Å². The van der Waals surface area contributed by atoms with Crippen molar-refractivity contribution in [1.82, 2.24) is 19.9 Å². The molecule has 7 heteroatoms. The molecule has 2 heterocycles. The molecule has 0 aromatic carbocycles. The Morgan fingerprint density at radius 3 is 2.81 bits per heavy atom. The summed E-state index contributed by atoms with van der Waals surface area (Å²) in [6.07, 6.45) is 2.79. The molecule has 0 saturated carbocycles. The first kappa shape index (κ1) is 15.0. The standard InChI is InChI=1S/C14H18N4O3/c1-9-7-10(2)18-13(17-9)11(8-16-18)14(21)15-6-4-3-5-12(19)20/h7-8H,3-6H2,1-2H3,(H,15,21)(H,19,20). The molecule has 2 rings (SSSR count). The predicted octanol–water partition coefficient (Wildman–Crippen LogP) is 1.33. The number of amides is 1. The number of carboxylic acid groups (broad SMARTS) is 1. The van der Waals surface area contributed by atoms with E-state index in [4.69, 9.17) is 5.11 Å². The van der Waals surface area contributed by atoms with Crippen LogP contribution in [-0.2, 0) is 4.79 Å². The Bertz CT molecular complexity index is 678. The van der Waals surface area contributed by atoms with Crippen molar-refractivity contribution in [3.63, 3.8) is 0 Å². The molecule has 0 aliphatic heterocycles. The van der Waals surface area contributed by atoms with Gasteiger partial charge in [-0.05, 0) is 32.8 Å². The van der Waals surface area contributed by atoms with Crippen LogP contribution in [0.3, 0.4) is 0 Å². The van der Waals surface area contributed by atoms with Crippen LogP contribution in [0.5, 0.6) is 0 Å². The van der Waals surface area contributed by atoms with Crippen molar-refractivity contribution < 1.29 is 14.7 Å². The third kappa shape index (κ3) is 3.56. The summed E-state index contributed by atoms with van der Waals surface area (Å²) in [6, 6.07) is 1.90. The highest BCUT2D eigenvalue weighted by Crippen LogP contribution is 2.11. The zero-order chi connectivity index (χ0) is 15.4. The third-order valence-electron chi connectivity index (χ3n) is 3.13. The predicted molar refractivity (Wildman–Crippen MR) is 76.3 cm³/mol. The van der Waals surface area contributed by atoms with Gasteiger partial charge in [-0.1, -0.05) is 0 Å². The van der Waals surface area contributed by atoms with Crippen molar-refractivity contribution in [2.24, 2.45) is 0 Å². The molecule has 0 fully saturated rings. The third-order valence-corrected chi connectivity index (χ3v) is 3.13. The maximum absolute atomic E-state index is 12.1. The highest BCUT2D eigenvalue weighted by molar-refractivity contribution is 5.99. The monoisotopic (exact) mass is 290 g/mol. The fourth-order valence-electron chi connectivity index (χ4n) is 2.13. The summed E-state index contributed by atoms with van der Waals surface area (Å²) >= 11 is 0. The number of aryl methyl sites for hydroxylation is 2. The van der Waals surface area contributed by atoms with E-state index in [-0.39, 0.29) is 12.3 Å². The molecule has 0 spiro atoms. The largest absolute Gasteiger partial charge is 0.481 e. The summed E-state index contributed by atoms with van der Waals surface area (Å²) in [6.45, 7) is 4.21. The van der Waals surface area contributed by atoms with Crippen molar-refractivity contribution in [3.05, 3.63) is 29.2 Å². The molecule has 1 amide bonds. The summed E-state index contributed by atoms with van der Waals surface area (Å²) in [5.41, 5.74) is 2.71. The molecule has 2 N–H and O–H groups in total. The summed E-state index contributed by atoms with van der Waals surface area (Å²) in [7, 11) is 0. The maximum atomic E-state index is 12.1. The van der Waals surface area contributed by atoms with Crippen LogP contribution in [0.25, 0.3) is 5.65 Å². The van der Waals surface area contributed by atoms with Crippen molar-refractivity contribution in [3.8, 4) is 0 Å². The zero-order valence-corrected chi connectivity index (χ0v) is 12.1. The Hall–Kier alpha value is -2.44. The summed E-state index contributed by atoms with van der Waals surface area (Å²) in [5, 5.41) is 15.5. The Balaban J connectivity index is 2.01. The number of carbonyl (C=O) groups excluding carboxylic acids is 1.